The fraction of sp³-hybridized carbons (Fsp3) is 0.263. The zero-order chi connectivity index (χ0) is 18.4. The van der Waals surface area contributed by atoms with E-state index in [0.717, 1.165) is 11.1 Å². The van der Waals surface area contributed by atoms with E-state index in [1.54, 1.807) is 37.4 Å². The van der Waals surface area contributed by atoms with E-state index < -0.39 is 0 Å². The molecule has 0 fully saturated rings. The summed E-state index contributed by atoms with van der Waals surface area (Å²) >= 11 is 0. The third kappa shape index (κ3) is 4.73. The van der Waals surface area contributed by atoms with Crippen LogP contribution in [0.1, 0.15) is 21.5 Å². The Bertz CT molecular complexity index is 787. The second-order valence-corrected chi connectivity index (χ2v) is 5.60. The molecule has 0 aliphatic rings. The topological polar surface area (TPSA) is 76.7 Å². The van der Waals surface area contributed by atoms with Crippen LogP contribution >= 0.6 is 0 Å². The molecule has 0 spiro atoms. The number of rotatable bonds is 6. The molecule has 25 heavy (non-hydrogen) atoms. The van der Waals surface area contributed by atoms with Crippen molar-refractivity contribution in [2.45, 2.75) is 13.8 Å². The van der Waals surface area contributed by atoms with Gasteiger partial charge in [-0.15, -0.1) is 0 Å². The molecule has 0 aromatic heterocycles. The predicted octanol–water partition coefficient (Wildman–Crippen LogP) is 2.69. The van der Waals surface area contributed by atoms with Crippen LogP contribution in [0.2, 0.25) is 0 Å². The van der Waals surface area contributed by atoms with Crippen molar-refractivity contribution >= 4 is 17.5 Å². The summed E-state index contributed by atoms with van der Waals surface area (Å²) < 4.78 is 10.3. The van der Waals surface area contributed by atoms with Crippen molar-refractivity contribution in [2.75, 3.05) is 26.1 Å². The van der Waals surface area contributed by atoms with Gasteiger partial charge in [-0.3, -0.25) is 9.59 Å². The van der Waals surface area contributed by atoms with Crippen LogP contribution in [0.25, 0.3) is 0 Å². The third-order valence-electron chi connectivity index (χ3n) is 3.86. The fourth-order valence-corrected chi connectivity index (χ4v) is 2.24. The number of amides is 2. The standard InChI is InChI=1S/C19H22N2O4/c1-12-5-6-14(9-13(12)2)19(23)20-11-18(22)21-16-8-7-15(24-3)10-17(16)25-4/h5-10H,11H2,1-4H3,(H,20,23)(H,21,22). The van der Waals surface area contributed by atoms with E-state index >= 15 is 0 Å². The normalized spacial score (nSPS) is 10.1. The highest BCUT2D eigenvalue weighted by molar-refractivity contribution is 6.00. The van der Waals surface area contributed by atoms with Gasteiger partial charge in [0.05, 0.1) is 26.5 Å². The van der Waals surface area contributed by atoms with Crippen molar-refractivity contribution in [2.24, 2.45) is 0 Å². The number of anilines is 1. The molecule has 0 atom stereocenters. The molecule has 2 rings (SSSR count). The predicted molar refractivity (Wildman–Crippen MR) is 96.4 cm³/mol. The van der Waals surface area contributed by atoms with E-state index in [0.29, 0.717) is 22.7 Å². The van der Waals surface area contributed by atoms with Crippen molar-refractivity contribution in [3.8, 4) is 11.5 Å². The molecule has 2 aromatic rings. The average molecular weight is 342 g/mol. The maximum absolute atomic E-state index is 12.1. The minimum absolute atomic E-state index is 0.138. The average Bonchev–Trinajstić information content (AvgIpc) is 2.62. The zero-order valence-electron chi connectivity index (χ0n) is 14.8. The Labute approximate surface area is 147 Å². The SMILES string of the molecule is COc1ccc(NC(=O)CNC(=O)c2ccc(C)c(C)c2)c(OC)c1. The highest BCUT2D eigenvalue weighted by atomic mass is 16.5. The Morgan fingerprint density at radius 2 is 1.72 bits per heavy atom. The van der Waals surface area contributed by atoms with Gasteiger partial charge in [0, 0.05) is 11.6 Å². The van der Waals surface area contributed by atoms with Crippen molar-refractivity contribution in [3.05, 3.63) is 53.1 Å². The number of hydrogen-bond donors (Lipinski definition) is 2. The molecule has 2 aromatic carbocycles. The van der Waals surface area contributed by atoms with Crippen LogP contribution in [0.3, 0.4) is 0 Å². The number of carbonyl (C=O) groups is 2. The zero-order valence-corrected chi connectivity index (χ0v) is 14.8. The van der Waals surface area contributed by atoms with Gasteiger partial charge in [-0.1, -0.05) is 6.07 Å². The summed E-state index contributed by atoms with van der Waals surface area (Å²) in [6.45, 7) is 3.78. The maximum Gasteiger partial charge on any atom is 0.251 e. The van der Waals surface area contributed by atoms with Gasteiger partial charge in [0.1, 0.15) is 11.5 Å². The summed E-state index contributed by atoms with van der Waals surface area (Å²) in [4.78, 5) is 24.2. The first kappa shape index (κ1) is 18.3. The minimum Gasteiger partial charge on any atom is -0.497 e. The molecule has 0 bridgehead atoms. The lowest BCUT2D eigenvalue weighted by molar-refractivity contribution is -0.115. The maximum atomic E-state index is 12.1. The monoisotopic (exact) mass is 342 g/mol. The number of benzene rings is 2. The summed E-state index contributed by atoms with van der Waals surface area (Å²) in [6.07, 6.45) is 0. The van der Waals surface area contributed by atoms with Gasteiger partial charge in [0.25, 0.3) is 5.91 Å². The Morgan fingerprint density at radius 1 is 0.960 bits per heavy atom. The Morgan fingerprint density at radius 3 is 2.36 bits per heavy atom. The third-order valence-corrected chi connectivity index (χ3v) is 3.86. The second-order valence-electron chi connectivity index (χ2n) is 5.60. The first-order valence-electron chi connectivity index (χ1n) is 7.82. The van der Waals surface area contributed by atoms with Crippen molar-refractivity contribution in [1.82, 2.24) is 5.32 Å². The molecule has 0 unspecified atom stereocenters. The smallest absolute Gasteiger partial charge is 0.251 e. The van der Waals surface area contributed by atoms with Gasteiger partial charge in [-0.05, 0) is 49.2 Å². The van der Waals surface area contributed by atoms with E-state index in [-0.39, 0.29) is 18.4 Å². The molecular weight excluding hydrogens is 320 g/mol. The van der Waals surface area contributed by atoms with Crippen LogP contribution in [0.15, 0.2) is 36.4 Å². The van der Waals surface area contributed by atoms with E-state index in [1.807, 2.05) is 19.9 Å². The van der Waals surface area contributed by atoms with Gasteiger partial charge in [-0.25, -0.2) is 0 Å². The lowest BCUT2D eigenvalue weighted by atomic mass is 10.1. The quantitative estimate of drug-likeness (QED) is 0.846. The Balaban J connectivity index is 1.96. The lowest BCUT2D eigenvalue weighted by Gasteiger charge is -2.12. The Kier molecular flexibility index (Phi) is 6.00. The number of ether oxygens (including phenoxy) is 2. The molecule has 0 saturated carbocycles. The van der Waals surface area contributed by atoms with E-state index in [4.69, 9.17) is 9.47 Å². The number of hydrogen-bond acceptors (Lipinski definition) is 4. The molecule has 132 valence electrons. The molecular formula is C19H22N2O4. The van der Waals surface area contributed by atoms with Gasteiger partial charge >= 0.3 is 0 Å². The summed E-state index contributed by atoms with van der Waals surface area (Å²) in [7, 11) is 3.06. The van der Waals surface area contributed by atoms with Gasteiger partial charge in [-0.2, -0.15) is 0 Å². The second kappa shape index (κ2) is 8.19. The van der Waals surface area contributed by atoms with Crippen molar-refractivity contribution in [3.63, 3.8) is 0 Å². The first-order valence-corrected chi connectivity index (χ1v) is 7.82. The van der Waals surface area contributed by atoms with Crippen molar-refractivity contribution in [1.29, 1.82) is 0 Å². The minimum atomic E-state index is -0.347. The first-order chi connectivity index (χ1) is 11.9. The molecule has 6 heteroatoms. The fourth-order valence-electron chi connectivity index (χ4n) is 2.24. The molecule has 0 radical (unpaired) electrons. The molecule has 0 saturated heterocycles. The number of methoxy groups -OCH3 is 2. The van der Waals surface area contributed by atoms with Gasteiger partial charge in [0.15, 0.2) is 0 Å². The highest BCUT2D eigenvalue weighted by Gasteiger charge is 2.11. The molecule has 2 amide bonds. The molecule has 2 N–H and O–H groups in total. The number of carbonyl (C=O) groups excluding carboxylic acids is 2. The van der Waals surface area contributed by atoms with E-state index in [2.05, 4.69) is 10.6 Å². The molecule has 0 aliphatic carbocycles. The largest absolute Gasteiger partial charge is 0.497 e. The van der Waals surface area contributed by atoms with Crippen molar-refractivity contribution < 1.29 is 19.1 Å². The number of nitrogens with one attached hydrogen (secondary N) is 2. The van der Waals surface area contributed by atoms with Crippen LogP contribution in [0, 0.1) is 13.8 Å². The number of aryl methyl sites for hydroxylation is 2. The molecule has 6 nitrogen and oxygen atoms in total. The van der Waals surface area contributed by atoms with Crippen LogP contribution < -0.4 is 20.1 Å². The van der Waals surface area contributed by atoms with Crippen LogP contribution in [0.4, 0.5) is 5.69 Å². The van der Waals surface area contributed by atoms with E-state index in [1.165, 1.54) is 7.11 Å². The van der Waals surface area contributed by atoms with Crippen LogP contribution in [0.5, 0.6) is 11.5 Å². The van der Waals surface area contributed by atoms with Crippen LogP contribution in [-0.2, 0) is 4.79 Å². The lowest BCUT2D eigenvalue weighted by Crippen LogP contribution is -2.33. The van der Waals surface area contributed by atoms with Crippen LogP contribution in [-0.4, -0.2) is 32.6 Å². The van der Waals surface area contributed by atoms with E-state index in [9.17, 15) is 9.59 Å². The van der Waals surface area contributed by atoms with Gasteiger partial charge in [0.2, 0.25) is 5.91 Å². The van der Waals surface area contributed by atoms with Gasteiger partial charge < -0.3 is 20.1 Å². The summed E-state index contributed by atoms with van der Waals surface area (Å²) in [5.41, 5.74) is 3.17. The summed E-state index contributed by atoms with van der Waals surface area (Å²) in [5.74, 6) is 0.465. The molecule has 0 heterocycles. The molecule has 0 aliphatic heterocycles. The Hall–Kier alpha value is -3.02. The summed E-state index contributed by atoms with van der Waals surface area (Å²) in [6, 6.07) is 10.5. The highest BCUT2D eigenvalue weighted by Crippen LogP contribution is 2.28. The summed E-state index contributed by atoms with van der Waals surface area (Å²) in [5, 5.41) is 5.32.